The molecule has 0 spiro atoms. The summed E-state index contributed by atoms with van der Waals surface area (Å²) in [6, 6.07) is 10.5. The highest BCUT2D eigenvalue weighted by molar-refractivity contribution is 5.79. The maximum absolute atomic E-state index is 5.94. The number of rotatable bonds is 11. The maximum Gasteiger partial charge on any atom is 0.191 e. The molecule has 0 radical (unpaired) electrons. The molecule has 0 aliphatic carbocycles. The van der Waals surface area contributed by atoms with Crippen molar-refractivity contribution in [1.29, 1.82) is 0 Å². The van der Waals surface area contributed by atoms with Crippen molar-refractivity contribution in [1.82, 2.24) is 25.3 Å². The molecule has 0 fully saturated rings. The van der Waals surface area contributed by atoms with Crippen LogP contribution in [0, 0.1) is 0 Å². The van der Waals surface area contributed by atoms with Gasteiger partial charge in [0.1, 0.15) is 0 Å². The Morgan fingerprint density at radius 1 is 1.21 bits per heavy atom. The monoisotopic (exact) mass is 400 g/mol. The Morgan fingerprint density at radius 3 is 2.59 bits per heavy atom. The first-order valence-corrected chi connectivity index (χ1v) is 10.3. The largest absolute Gasteiger partial charge is 0.374 e. The number of nitrogens with one attached hydrogen (secondary N) is 2. The maximum atomic E-state index is 5.94. The lowest BCUT2D eigenvalue weighted by Gasteiger charge is -2.22. The van der Waals surface area contributed by atoms with E-state index in [4.69, 9.17) is 9.73 Å². The van der Waals surface area contributed by atoms with Crippen molar-refractivity contribution in [2.75, 3.05) is 40.3 Å². The molecule has 2 atom stereocenters. The number of aromatic nitrogens is 2. The molecule has 2 unspecified atom stereocenters. The molecule has 0 saturated heterocycles. The number of guanidine groups is 1. The Labute approximate surface area is 175 Å². The lowest BCUT2D eigenvalue weighted by Crippen LogP contribution is -2.38. The van der Waals surface area contributed by atoms with Crippen LogP contribution in [-0.2, 0) is 11.8 Å². The third-order valence-corrected chi connectivity index (χ3v) is 4.75. The van der Waals surface area contributed by atoms with Crippen LogP contribution in [0.4, 0.5) is 0 Å². The van der Waals surface area contributed by atoms with Crippen LogP contribution in [0.2, 0.25) is 0 Å². The van der Waals surface area contributed by atoms with Crippen LogP contribution in [0.3, 0.4) is 0 Å². The minimum Gasteiger partial charge on any atom is -0.374 e. The van der Waals surface area contributed by atoms with Crippen LogP contribution in [0.5, 0.6) is 0 Å². The Morgan fingerprint density at radius 2 is 1.97 bits per heavy atom. The van der Waals surface area contributed by atoms with Gasteiger partial charge in [0.2, 0.25) is 0 Å². The predicted molar refractivity (Wildman–Crippen MR) is 119 cm³/mol. The summed E-state index contributed by atoms with van der Waals surface area (Å²) >= 11 is 0. The number of nitrogens with zero attached hydrogens (tertiary/aromatic N) is 4. The van der Waals surface area contributed by atoms with Crippen molar-refractivity contribution in [2.45, 2.75) is 32.4 Å². The van der Waals surface area contributed by atoms with Gasteiger partial charge in [0.05, 0.1) is 24.9 Å². The number of aliphatic imine (C=N–C) groups is 1. The molecule has 0 saturated carbocycles. The number of aryl methyl sites for hydroxylation is 1. The van der Waals surface area contributed by atoms with Crippen molar-refractivity contribution in [3.05, 3.63) is 53.9 Å². The highest BCUT2D eigenvalue weighted by Crippen LogP contribution is 2.17. The average Bonchev–Trinajstić information content (AvgIpc) is 3.13. The quantitative estimate of drug-likeness (QED) is 0.345. The van der Waals surface area contributed by atoms with Crippen LogP contribution >= 0.6 is 0 Å². The highest BCUT2D eigenvalue weighted by atomic mass is 16.5. The standard InChI is InChI=1S/C22H36N6O/c1-6-23-22(25-16-21(27(3)4)20-15-26-28(5)17-20)24-13-10-14-29-18(2)19-11-8-7-9-12-19/h7-9,11-12,15,17-18,21H,6,10,13-14,16H2,1-5H3,(H2,23,24,25). The summed E-state index contributed by atoms with van der Waals surface area (Å²) in [7, 11) is 6.07. The van der Waals surface area contributed by atoms with Crippen LogP contribution in [-0.4, -0.2) is 61.0 Å². The van der Waals surface area contributed by atoms with E-state index in [9.17, 15) is 0 Å². The first kappa shape index (κ1) is 22.9. The van der Waals surface area contributed by atoms with Crippen molar-refractivity contribution in [3.8, 4) is 0 Å². The Kier molecular flexibility index (Phi) is 9.67. The fraction of sp³-hybridized carbons (Fsp3) is 0.545. The molecule has 2 aromatic rings. The van der Waals surface area contributed by atoms with Gasteiger partial charge >= 0.3 is 0 Å². The molecule has 160 valence electrons. The van der Waals surface area contributed by atoms with E-state index in [-0.39, 0.29) is 12.1 Å². The first-order chi connectivity index (χ1) is 14.0. The van der Waals surface area contributed by atoms with E-state index in [1.54, 1.807) is 0 Å². The topological polar surface area (TPSA) is 66.7 Å². The zero-order valence-electron chi connectivity index (χ0n) is 18.4. The van der Waals surface area contributed by atoms with Gasteiger partial charge in [0.15, 0.2) is 5.96 Å². The predicted octanol–water partition coefficient (Wildman–Crippen LogP) is 2.75. The third-order valence-electron chi connectivity index (χ3n) is 4.75. The molecular weight excluding hydrogens is 364 g/mol. The fourth-order valence-electron chi connectivity index (χ4n) is 3.06. The molecule has 0 amide bonds. The van der Waals surface area contributed by atoms with Gasteiger partial charge in [-0.3, -0.25) is 9.67 Å². The van der Waals surface area contributed by atoms with Crippen molar-refractivity contribution in [3.63, 3.8) is 0 Å². The molecular formula is C22H36N6O. The lowest BCUT2D eigenvalue weighted by molar-refractivity contribution is 0.0646. The van der Waals surface area contributed by atoms with E-state index in [1.165, 1.54) is 11.1 Å². The van der Waals surface area contributed by atoms with Gasteiger partial charge < -0.3 is 20.3 Å². The van der Waals surface area contributed by atoms with E-state index in [0.717, 1.165) is 25.5 Å². The van der Waals surface area contributed by atoms with E-state index in [0.29, 0.717) is 13.2 Å². The minimum absolute atomic E-state index is 0.110. The minimum atomic E-state index is 0.110. The van der Waals surface area contributed by atoms with Gasteiger partial charge in [0, 0.05) is 38.5 Å². The zero-order valence-corrected chi connectivity index (χ0v) is 18.4. The molecule has 2 N–H and O–H groups in total. The molecule has 0 bridgehead atoms. The zero-order chi connectivity index (χ0) is 21.1. The van der Waals surface area contributed by atoms with Crippen LogP contribution < -0.4 is 10.6 Å². The number of ether oxygens (including phenoxy) is 1. The normalized spacial score (nSPS) is 14.1. The number of benzene rings is 1. The summed E-state index contributed by atoms with van der Waals surface area (Å²) in [6.45, 7) is 7.17. The first-order valence-electron chi connectivity index (χ1n) is 10.3. The summed E-state index contributed by atoms with van der Waals surface area (Å²) < 4.78 is 7.77. The lowest BCUT2D eigenvalue weighted by atomic mass is 10.1. The molecule has 1 aromatic heterocycles. The summed E-state index contributed by atoms with van der Waals surface area (Å²) in [5.74, 6) is 0.833. The number of likely N-dealkylation sites (N-methyl/N-ethyl adjacent to an activating group) is 1. The van der Waals surface area contributed by atoms with Crippen LogP contribution in [0.25, 0.3) is 0 Å². The van der Waals surface area contributed by atoms with Crippen molar-refractivity contribution >= 4 is 5.96 Å². The third kappa shape index (κ3) is 7.87. The Bertz CT molecular complexity index is 728. The average molecular weight is 401 g/mol. The molecule has 29 heavy (non-hydrogen) atoms. The summed E-state index contributed by atoms with van der Waals surface area (Å²) in [5.41, 5.74) is 2.38. The van der Waals surface area contributed by atoms with E-state index in [1.807, 2.05) is 42.3 Å². The molecule has 1 heterocycles. The van der Waals surface area contributed by atoms with Gasteiger partial charge in [0.25, 0.3) is 0 Å². The Hall–Kier alpha value is -2.38. The van der Waals surface area contributed by atoms with Gasteiger partial charge in [-0.15, -0.1) is 0 Å². The Balaban J connectivity index is 1.79. The smallest absolute Gasteiger partial charge is 0.191 e. The molecule has 7 nitrogen and oxygen atoms in total. The fourth-order valence-corrected chi connectivity index (χ4v) is 3.06. The molecule has 0 aliphatic rings. The second-order valence-corrected chi connectivity index (χ2v) is 7.35. The summed E-state index contributed by atoms with van der Waals surface area (Å²) in [5, 5.41) is 11.0. The second kappa shape index (κ2) is 12.2. The van der Waals surface area contributed by atoms with Crippen molar-refractivity contribution < 1.29 is 4.74 Å². The molecule has 2 rings (SSSR count). The number of hydrogen-bond acceptors (Lipinski definition) is 4. The van der Waals surface area contributed by atoms with Crippen LogP contribution in [0.1, 0.15) is 43.5 Å². The highest BCUT2D eigenvalue weighted by Gasteiger charge is 2.15. The van der Waals surface area contributed by atoms with E-state index in [2.05, 4.69) is 60.7 Å². The summed E-state index contributed by atoms with van der Waals surface area (Å²) in [6.07, 6.45) is 4.98. The van der Waals surface area contributed by atoms with Gasteiger partial charge in [-0.1, -0.05) is 30.3 Å². The SMILES string of the molecule is CCNC(=NCC(c1cnn(C)c1)N(C)C)NCCCOC(C)c1ccccc1. The molecule has 1 aromatic carbocycles. The van der Waals surface area contributed by atoms with Crippen LogP contribution in [0.15, 0.2) is 47.7 Å². The van der Waals surface area contributed by atoms with Gasteiger partial charge in [-0.05, 0) is 39.9 Å². The molecule has 0 aliphatic heterocycles. The van der Waals surface area contributed by atoms with Gasteiger partial charge in [-0.2, -0.15) is 5.10 Å². The van der Waals surface area contributed by atoms with Crippen molar-refractivity contribution in [2.24, 2.45) is 12.0 Å². The van der Waals surface area contributed by atoms with Gasteiger partial charge in [-0.25, -0.2) is 0 Å². The number of hydrogen-bond donors (Lipinski definition) is 2. The van der Waals surface area contributed by atoms with E-state index < -0.39 is 0 Å². The van der Waals surface area contributed by atoms with E-state index >= 15 is 0 Å². The summed E-state index contributed by atoms with van der Waals surface area (Å²) in [4.78, 5) is 6.95. The second-order valence-electron chi connectivity index (χ2n) is 7.35. The molecule has 7 heteroatoms.